The van der Waals surface area contributed by atoms with Gasteiger partial charge in [-0.05, 0) is 74.9 Å². The number of nitrogens with zero attached hydrogens (tertiary/aromatic N) is 14. The van der Waals surface area contributed by atoms with Crippen molar-refractivity contribution in [1.29, 1.82) is 0 Å². The van der Waals surface area contributed by atoms with Crippen LogP contribution in [0.5, 0.6) is 0 Å². The smallest absolute Gasteiger partial charge is 0.366 e. The van der Waals surface area contributed by atoms with Gasteiger partial charge in [-0.15, -0.1) is 20.4 Å². The number of thioether (sulfide) groups is 2. The van der Waals surface area contributed by atoms with Crippen molar-refractivity contribution in [3.63, 3.8) is 0 Å². The summed E-state index contributed by atoms with van der Waals surface area (Å²) < 4.78 is 85.1. The second-order valence-corrected chi connectivity index (χ2v) is 19.6. The lowest BCUT2D eigenvalue weighted by Gasteiger charge is -2.29. The molecule has 4 fully saturated rings. The van der Waals surface area contributed by atoms with Crippen molar-refractivity contribution in [2.24, 2.45) is 25.9 Å². The van der Waals surface area contributed by atoms with Gasteiger partial charge in [-0.1, -0.05) is 47.8 Å². The number of aromatic nitrogens is 10. The number of rotatable bonds is 14. The fourth-order valence-electron chi connectivity index (χ4n) is 10.0. The summed E-state index contributed by atoms with van der Waals surface area (Å²) in [6.07, 6.45) is 4.97. The predicted molar refractivity (Wildman–Crippen MR) is 249 cm³/mol. The van der Waals surface area contributed by atoms with Gasteiger partial charge < -0.3 is 28.7 Å². The number of likely N-dealkylation sites (tertiary alicyclic amines) is 2. The first kappa shape index (κ1) is 47.7. The van der Waals surface area contributed by atoms with E-state index in [2.05, 4.69) is 50.1 Å². The SMILES string of the molecule is Cn1c(SCCCN2C[C@@H]3CCN(c4ccccc4C(F)(F)F)[C@@H]3C2)nnc1-c1cnccn1.Cn1c(SCCCN2C[C@H]3CCN(c4ccccc4C(F)(F)F)[C@H]3C2)nnc1-c1cnccn1. The van der Waals surface area contributed by atoms with Gasteiger partial charge >= 0.3 is 12.4 Å². The minimum Gasteiger partial charge on any atom is -0.366 e. The van der Waals surface area contributed by atoms with Gasteiger partial charge in [0, 0.05) is 113 Å². The third kappa shape index (κ3) is 10.6. The predicted octanol–water partition coefficient (Wildman–Crippen LogP) is 7.97. The number of hydrogen-bond donors (Lipinski definition) is 0. The molecule has 6 aromatic rings. The van der Waals surface area contributed by atoms with Crippen LogP contribution in [0, 0.1) is 11.8 Å². The van der Waals surface area contributed by atoms with Crippen molar-refractivity contribution in [3.8, 4) is 23.0 Å². The zero-order chi connectivity index (χ0) is 47.4. The zero-order valence-electron chi connectivity index (χ0n) is 37.6. The van der Waals surface area contributed by atoms with E-state index in [-0.39, 0.29) is 12.1 Å². The van der Waals surface area contributed by atoms with E-state index in [4.69, 9.17) is 0 Å². The Kier molecular flexibility index (Phi) is 14.5. The molecule has 4 aliphatic rings. The van der Waals surface area contributed by atoms with Crippen molar-refractivity contribution in [2.75, 3.05) is 73.7 Å². The van der Waals surface area contributed by atoms with Crippen LogP contribution in [0.2, 0.25) is 0 Å². The van der Waals surface area contributed by atoms with Crippen LogP contribution >= 0.6 is 23.5 Å². The Morgan fingerprint density at radius 3 is 1.38 bits per heavy atom. The number of anilines is 2. The Bertz CT molecular complexity index is 2420. The first-order valence-corrected chi connectivity index (χ1v) is 24.7. The van der Waals surface area contributed by atoms with E-state index in [9.17, 15) is 26.3 Å². The fraction of sp³-hybridized carbons (Fsp3) is 0.478. The number of halogens is 6. The first-order valence-electron chi connectivity index (χ1n) is 22.7. The molecule has 360 valence electrons. The summed E-state index contributed by atoms with van der Waals surface area (Å²) >= 11 is 3.30. The van der Waals surface area contributed by atoms with Crippen LogP contribution in [0.1, 0.15) is 36.8 Å². The lowest BCUT2D eigenvalue weighted by molar-refractivity contribution is -0.138. The molecule has 4 aromatic heterocycles. The van der Waals surface area contributed by atoms with Crippen LogP contribution < -0.4 is 9.80 Å². The van der Waals surface area contributed by atoms with Gasteiger partial charge in [0.25, 0.3) is 0 Å². The lowest BCUT2D eigenvalue weighted by atomic mass is 10.0. The van der Waals surface area contributed by atoms with E-state index >= 15 is 0 Å². The molecule has 68 heavy (non-hydrogen) atoms. The number of benzene rings is 2. The van der Waals surface area contributed by atoms with Crippen molar-refractivity contribution >= 4 is 34.9 Å². The van der Waals surface area contributed by atoms with Crippen molar-refractivity contribution < 1.29 is 26.3 Å². The highest BCUT2D eigenvalue weighted by atomic mass is 32.2. The largest absolute Gasteiger partial charge is 0.418 e. The van der Waals surface area contributed by atoms with E-state index in [0.717, 1.165) is 86.8 Å². The molecule has 0 spiro atoms. The summed E-state index contributed by atoms with van der Waals surface area (Å²) in [5.74, 6) is 3.98. The van der Waals surface area contributed by atoms with Crippen molar-refractivity contribution in [1.82, 2.24) is 59.3 Å². The standard InChI is InChI=1S/2C23H26F3N7S/c2*1-31-21(18-13-27-8-9-28-18)29-30-22(31)34-12-4-10-32-14-16-7-11-33(20(16)15-32)19-6-3-2-5-17(19)23(24,25)26/h2*2-3,5-6,8-9,13,16,20H,4,7,10-12,14-15H2,1H3/t2*16-,20+/m10/s1. The molecule has 0 saturated carbocycles. The van der Waals surface area contributed by atoms with E-state index in [0.29, 0.717) is 59.3 Å². The molecule has 8 heterocycles. The molecule has 22 heteroatoms. The molecule has 4 saturated heterocycles. The molecule has 0 N–H and O–H groups in total. The Balaban J connectivity index is 0.000000170. The highest BCUT2D eigenvalue weighted by molar-refractivity contribution is 7.99. The van der Waals surface area contributed by atoms with E-state index < -0.39 is 23.5 Å². The minimum atomic E-state index is -4.34. The van der Waals surface area contributed by atoms with Gasteiger partial charge in [0.1, 0.15) is 11.4 Å². The summed E-state index contributed by atoms with van der Waals surface area (Å²) in [5, 5.41) is 18.7. The maximum Gasteiger partial charge on any atom is 0.418 e. The van der Waals surface area contributed by atoms with Crippen molar-refractivity contribution in [2.45, 2.75) is 60.4 Å². The molecule has 4 atom stereocenters. The van der Waals surface area contributed by atoms with Gasteiger partial charge in [-0.25, -0.2) is 9.97 Å². The summed E-state index contributed by atoms with van der Waals surface area (Å²) in [6.45, 7) is 6.72. The zero-order valence-corrected chi connectivity index (χ0v) is 39.3. The molecular formula is C46H52F6N14S2. The van der Waals surface area contributed by atoms with Gasteiger partial charge in [0.2, 0.25) is 0 Å². The monoisotopic (exact) mass is 978 g/mol. The highest BCUT2D eigenvalue weighted by Gasteiger charge is 2.45. The van der Waals surface area contributed by atoms with Gasteiger partial charge in [-0.2, -0.15) is 26.3 Å². The Morgan fingerprint density at radius 1 is 0.559 bits per heavy atom. The van der Waals surface area contributed by atoms with Crippen LogP contribution in [-0.4, -0.2) is 135 Å². The van der Waals surface area contributed by atoms with Crippen LogP contribution in [0.25, 0.3) is 23.0 Å². The van der Waals surface area contributed by atoms with Gasteiger partial charge in [0.05, 0.1) is 23.5 Å². The van der Waals surface area contributed by atoms with E-state index in [1.807, 2.05) is 33.0 Å². The van der Waals surface area contributed by atoms with Crippen molar-refractivity contribution in [3.05, 3.63) is 96.8 Å². The molecule has 10 rings (SSSR count). The normalized spacial score (nSPS) is 20.8. The molecule has 2 aromatic carbocycles. The second-order valence-electron chi connectivity index (χ2n) is 17.5. The molecule has 0 unspecified atom stereocenters. The third-order valence-corrected chi connectivity index (χ3v) is 15.5. The third-order valence-electron chi connectivity index (χ3n) is 13.2. The van der Waals surface area contributed by atoms with E-state index in [1.165, 1.54) is 24.3 Å². The number of fused-ring (bicyclic) bond motifs is 2. The average Bonchev–Trinajstić information content (AvgIpc) is 4.20. The molecule has 0 aliphatic carbocycles. The number of hydrogen-bond acceptors (Lipinski definition) is 14. The topological polar surface area (TPSA) is 126 Å². The van der Waals surface area contributed by atoms with Crippen LogP contribution in [0.3, 0.4) is 0 Å². The molecule has 0 bridgehead atoms. The van der Waals surface area contributed by atoms with Crippen LogP contribution in [0.15, 0.2) is 96.0 Å². The summed E-state index contributed by atoms with van der Waals surface area (Å²) in [6, 6.07) is 12.2. The minimum absolute atomic E-state index is 0.143. The molecule has 0 amide bonds. The number of para-hydroxylation sites is 2. The summed E-state index contributed by atoms with van der Waals surface area (Å²) in [5.41, 5.74) is 0.946. The maximum atomic E-state index is 13.5. The number of alkyl halides is 6. The quantitative estimate of drug-likeness (QED) is 0.0595. The highest BCUT2D eigenvalue weighted by Crippen LogP contribution is 2.43. The fourth-order valence-corrected chi connectivity index (χ4v) is 11.7. The Labute approximate surface area is 399 Å². The van der Waals surface area contributed by atoms with Gasteiger partial charge in [-0.3, -0.25) is 9.97 Å². The van der Waals surface area contributed by atoms with E-state index in [1.54, 1.807) is 85.0 Å². The Hall–Kier alpha value is -5.32. The molecule has 4 aliphatic heterocycles. The summed E-state index contributed by atoms with van der Waals surface area (Å²) in [4.78, 5) is 25.5. The lowest BCUT2D eigenvalue weighted by Crippen LogP contribution is -2.36. The van der Waals surface area contributed by atoms with Gasteiger partial charge in [0.15, 0.2) is 22.0 Å². The molecular weight excluding hydrogens is 927 g/mol. The molecule has 0 radical (unpaired) electrons. The van der Waals surface area contributed by atoms with Crippen LogP contribution in [-0.2, 0) is 26.4 Å². The Morgan fingerprint density at radius 2 is 0.985 bits per heavy atom. The average molecular weight is 979 g/mol. The molecule has 14 nitrogen and oxygen atoms in total. The maximum absolute atomic E-state index is 13.5. The summed E-state index contributed by atoms with van der Waals surface area (Å²) in [7, 11) is 3.84. The first-order chi connectivity index (χ1) is 32.8. The van der Waals surface area contributed by atoms with Crippen LogP contribution in [0.4, 0.5) is 37.7 Å². The second kappa shape index (κ2) is 20.7.